The lowest BCUT2D eigenvalue weighted by molar-refractivity contribution is -0.113. The number of aldehydes is 1. The van der Waals surface area contributed by atoms with Crippen LogP contribution in [-0.2, 0) is 22.9 Å². The van der Waals surface area contributed by atoms with Gasteiger partial charge in [-0.15, -0.1) is 0 Å². The number of hydrogen-bond donors (Lipinski definition) is 0. The fourth-order valence-electron chi connectivity index (χ4n) is 0.389. The highest BCUT2D eigenvalue weighted by Crippen LogP contribution is 2.48. The zero-order chi connectivity index (χ0) is 8.91. The summed E-state index contributed by atoms with van der Waals surface area (Å²) >= 11 is 0. The van der Waals surface area contributed by atoms with Crippen molar-refractivity contribution in [1.82, 2.24) is 0 Å². The zero-order valence-electron chi connectivity index (χ0n) is 6.64. The Hall–Kier alpha value is -0.220. The average Bonchev–Trinajstić information content (AvgIpc) is 2.04. The van der Waals surface area contributed by atoms with E-state index in [2.05, 4.69) is 13.6 Å². The molecule has 0 rings (SSSR count). The van der Waals surface area contributed by atoms with Crippen molar-refractivity contribution in [2.45, 2.75) is 13.0 Å². The van der Waals surface area contributed by atoms with Crippen LogP contribution in [0.4, 0.5) is 0 Å². The van der Waals surface area contributed by atoms with Crippen LogP contribution in [0, 0.1) is 0 Å². The van der Waals surface area contributed by atoms with E-state index in [0.717, 1.165) is 0 Å². The van der Waals surface area contributed by atoms with Crippen LogP contribution in [-0.4, -0.2) is 26.6 Å². The summed E-state index contributed by atoms with van der Waals surface area (Å²) in [5.74, 6) is 0. The Morgan fingerprint density at radius 1 is 1.36 bits per heavy atom. The molecule has 0 saturated heterocycles. The molecule has 0 heterocycles. The molecule has 0 aliphatic rings. The van der Waals surface area contributed by atoms with Crippen LogP contribution >= 0.6 is 7.82 Å². The normalized spacial score (nSPS) is 14.5. The van der Waals surface area contributed by atoms with E-state index < -0.39 is 13.9 Å². The molecular weight excluding hydrogens is 171 g/mol. The van der Waals surface area contributed by atoms with Crippen LogP contribution in [0.1, 0.15) is 6.92 Å². The van der Waals surface area contributed by atoms with Crippen molar-refractivity contribution in [3.05, 3.63) is 0 Å². The maximum atomic E-state index is 11.1. The van der Waals surface area contributed by atoms with Gasteiger partial charge in [0, 0.05) is 14.2 Å². The Labute approximate surface area is 65.3 Å². The van der Waals surface area contributed by atoms with Crippen molar-refractivity contribution in [2.75, 3.05) is 14.2 Å². The van der Waals surface area contributed by atoms with E-state index in [0.29, 0.717) is 6.29 Å². The van der Waals surface area contributed by atoms with Crippen molar-refractivity contribution in [3.63, 3.8) is 0 Å². The van der Waals surface area contributed by atoms with Crippen LogP contribution in [0.15, 0.2) is 0 Å². The monoisotopic (exact) mass is 182 g/mol. The third-order valence-corrected chi connectivity index (χ3v) is 2.42. The Morgan fingerprint density at radius 2 is 1.82 bits per heavy atom. The van der Waals surface area contributed by atoms with Crippen molar-refractivity contribution >= 4 is 14.1 Å². The highest BCUT2D eigenvalue weighted by molar-refractivity contribution is 7.48. The van der Waals surface area contributed by atoms with Gasteiger partial charge in [0.05, 0.1) is 0 Å². The molecule has 1 unspecified atom stereocenters. The van der Waals surface area contributed by atoms with Gasteiger partial charge in [0.2, 0.25) is 0 Å². The summed E-state index contributed by atoms with van der Waals surface area (Å²) < 4.78 is 24.5. The first kappa shape index (κ1) is 10.8. The first-order chi connectivity index (χ1) is 5.08. The van der Waals surface area contributed by atoms with E-state index in [-0.39, 0.29) is 0 Å². The van der Waals surface area contributed by atoms with Gasteiger partial charge in [-0.2, -0.15) is 0 Å². The van der Waals surface area contributed by atoms with Crippen molar-refractivity contribution in [3.8, 4) is 0 Å². The van der Waals surface area contributed by atoms with Crippen LogP contribution in [0.3, 0.4) is 0 Å². The highest BCUT2D eigenvalue weighted by atomic mass is 31.2. The molecular formula is C5H11O5P. The van der Waals surface area contributed by atoms with Gasteiger partial charge in [0.25, 0.3) is 0 Å². The Balaban J connectivity index is 4.08. The number of phosphoric acid groups is 1. The van der Waals surface area contributed by atoms with Gasteiger partial charge in [-0.3, -0.25) is 13.6 Å². The van der Waals surface area contributed by atoms with Crippen LogP contribution in [0.25, 0.3) is 0 Å². The fourth-order valence-corrected chi connectivity index (χ4v) is 1.17. The molecule has 66 valence electrons. The maximum absolute atomic E-state index is 11.1. The number of carbonyl (C=O) groups is 1. The predicted molar refractivity (Wildman–Crippen MR) is 38.2 cm³/mol. The molecule has 5 nitrogen and oxygen atoms in total. The summed E-state index contributed by atoms with van der Waals surface area (Å²) in [4.78, 5) is 10.1. The SMILES string of the molecule is COP(=O)(OC)OC(C)C=O. The summed E-state index contributed by atoms with van der Waals surface area (Å²) in [7, 11) is -1.12. The number of carbonyl (C=O) groups excluding carboxylic acids is 1. The average molecular weight is 182 g/mol. The molecule has 11 heavy (non-hydrogen) atoms. The van der Waals surface area contributed by atoms with Gasteiger partial charge in [-0.05, 0) is 6.92 Å². The van der Waals surface area contributed by atoms with Crippen LogP contribution in [0.5, 0.6) is 0 Å². The molecule has 0 aromatic carbocycles. The van der Waals surface area contributed by atoms with Crippen molar-refractivity contribution in [2.24, 2.45) is 0 Å². The number of hydrogen-bond acceptors (Lipinski definition) is 5. The minimum Gasteiger partial charge on any atom is -0.300 e. The van der Waals surface area contributed by atoms with E-state index in [4.69, 9.17) is 0 Å². The van der Waals surface area contributed by atoms with E-state index in [1.165, 1.54) is 21.1 Å². The number of phosphoric ester groups is 1. The van der Waals surface area contributed by atoms with E-state index in [1.807, 2.05) is 0 Å². The standard InChI is InChI=1S/C5H11O5P/c1-5(4-6)10-11(7,8-2)9-3/h4-5H,1-3H3. The molecule has 0 spiro atoms. The molecule has 0 amide bonds. The molecule has 0 aliphatic carbocycles. The van der Waals surface area contributed by atoms with Crippen molar-refractivity contribution in [1.29, 1.82) is 0 Å². The molecule has 0 aliphatic heterocycles. The second kappa shape index (κ2) is 4.62. The summed E-state index contributed by atoms with van der Waals surface area (Å²) in [5, 5.41) is 0. The number of rotatable bonds is 5. The molecule has 6 heteroatoms. The van der Waals surface area contributed by atoms with Gasteiger partial charge in [-0.25, -0.2) is 4.57 Å². The molecule has 0 bridgehead atoms. The van der Waals surface area contributed by atoms with Gasteiger partial charge < -0.3 is 4.79 Å². The Morgan fingerprint density at radius 3 is 2.09 bits per heavy atom. The zero-order valence-corrected chi connectivity index (χ0v) is 7.54. The summed E-state index contributed by atoms with van der Waals surface area (Å²) in [6.45, 7) is 1.44. The van der Waals surface area contributed by atoms with Gasteiger partial charge >= 0.3 is 7.82 Å². The van der Waals surface area contributed by atoms with Gasteiger partial charge in [0.15, 0.2) is 0 Å². The summed E-state index contributed by atoms with van der Waals surface area (Å²) in [6, 6.07) is 0. The van der Waals surface area contributed by atoms with E-state index >= 15 is 0 Å². The van der Waals surface area contributed by atoms with E-state index in [1.54, 1.807) is 0 Å². The Kier molecular flexibility index (Phi) is 4.52. The first-order valence-electron chi connectivity index (χ1n) is 2.93. The van der Waals surface area contributed by atoms with Crippen molar-refractivity contribution < 1.29 is 22.9 Å². The second-order valence-corrected chi connectivity index (χ2v) is 3.59. The molecule has 1 atom stereocenters. The molecule has 0 radical (unpaired) electrons. The fraction of sp³-hybridized carbons (Fsp3) is 0.800. The summed E-state index contributed by atoms with van der Waals surface area (Å²) in [5.41, 5.74) is 0. The smallest absolute Gasteiger partial charge is 0.300 e. The topological polar surface area (TPSA) is 61.8 Å². The molecule has 0 fully saturated rings. The first-order valence-corrected chi connectivity index (χ1v) is 4.39. The molecule has 0 N–H and O–H groups in total. The highest BCUT2D eigenvalue weighted by Gasteiger charge is 2.25. The summed E-state index contributed by atoms with van der Waals surface area (Å²) in [6.07, 6.45) is -0.286. The van der Waals surface area contributed by atoms with Crippen LogP contribution < -0.4 is 0 Å². The lowest BCUT2D eigenvalue weighted by atomic mass is 10.5. The quantitative estimate of drug-likeness (QED) is 0.468. The molecule has 0 saturated carbocycles. The Bertz CT molecular complexity index is 160. The van der Waals surface area contributed by atoms with Crippen LogP contribution in [0.2, 0.25) is 0 Å². The second-order valence-electron chi connectivity index (χ2n) is 1.76. The lowest BCUT2D eigenvalue weighted by Gasteiger charge is -2.14. The van der Waals surface area contributed by atoms with E-state index in [9.17, 15) is 9.36 Å². The van der Waals surface area contributed by atoms with Gasteiger partial charge in [-0.1, -0.05) is 0 Å². The molecule has 0 aromatic rings. The predicted octanol–water partition coefficient (Wildman–Crippen LogP) is 0.991. The third-order valence-electron chi connectivity index (χ3n) is 0.934. The minimum atomic E-state index is -3.49. The molecule has 0 aromatic heterocycles. The van der Waals surface area contributed by atoms with Gasteiger partial charge in [0.1, 0.15) is 12.4 Å². The largest absolute Gasteiger partial charge is 0.474 e. The minimum absolute atomic E-state index is 0.505. The lowest BCUT2D eigenvalue weighted by Crippen LogP contribution is -2.08. The third kappa shape index (κ3) is 3.62. The maximum Gasteiger partial charge on any atom is 0.474 e.